The Morgan fingerprint density at radius 3 is 2.74 bits per heavy atom. The minimum Gasteiger partial charge on any atom is -0.464 e. The molecule has 2 aromatic carbocycles. The SMILES string of the molecule is CCOC(=O)C(c1ncn2c1C[C@@H](F)C2)n1cc2c(Cl)cc(-c3ccc(N4CCOCC4)cc3)c(Cl)c2n1. The monoisotopic (exact) mass is 557 g/mol. The molecule has 1 unspecified atom stereocenters. The van der Waals surface area contributed by atoms with Crippen LogP contribution in [0.3, 0.4) is 0 Å². The zero-order valence-corrected chi connectivity index (χ0v) is 22.3. The maximum atomic E-state index is 14.1. The highest BCUT2D eigenvalue weighted by atomic mass is 35.5. The third-order valence-electron chi connectivity index (χ3n) is 7.08. The average molecular weight is 558 g/mol. The highest BCUT2D eigenvalue weighted by Gasteiger charge is 2.35. The molecule has 1 fully saturated rings. The predicted octanol–water partition coefficient (Wildman–Crippen LogP) is 5.09. The number of hydrogen-bond donors (Lipinski definition) is 0. The lowest BCUT2D eigenvalue weighted by Crippen LogP contribution is -2.36. The molecule has 0 N–H and O–H groups in total. The van der Waals surface area contributed by atoms with Crippen LogP contribution in [0.15, 0.2) is 42.9 Å². The summed E-state index contributed by atoms with van der Waals surface area (Å²) in [5.41, 5.74) is 4.29. The van der Waals surface area contributed by atoms with Crippen molar-refractivity contribution in [3.05, 3.63) is 64.3 Å². The fourth-order valence-electron chi connectivity index (χ4n) is 5.22. The van der Waals surface area contributed by atoms with Gasteiger partial charge < -0.3 is 18.9 Å². The average Bonchev–Trinajstić information content (AvgIpc) is 3.63. The number of esters is 1. The quantitative estimate of drug-likeness (QED) is 0.307. The molecular weight excluding hydrogens is 532 g/mol. The Hall–Kier alpha value is -3.14. The summed E-state index contributed by atoms with van der Waals surface area (Å²) in [6.07, 6.45) is 2.38. The Labute approximate surface area is 228 Å². The summed E-state index contributed by atoms with van der Waals surface area (Å²) < 4.78 is 28.1. The van der Waals surface area contributed by atoms with Crippen LogP contribution in [-0.4, -0.2) is 64.4 Å². The van der Waals surface area contributed by atoms with Gasteiger partial charge in [0.2, 0.25) is 0 Å². The van der Waals surface area contributed by atoms with Crippen LogP contribution >= 0.6 is 23.2 Å². The third kappa shape index (κ3) is 4.42. The number of rotatable bonds is 6. The Morgan fingerprint density at radius 2 is 2.00 bits per heavy atom. The van der Waals surface area contributed by atoms with Crippen LogP contribution in [0.25, 0.3) is 22.0 Å². The first-order valence-electron chi connectivity index (χ1n) is 12.6. The summed E-state index contributed by atoms with van der Waals surface area (Å²) in [4.78, 5) is 19.8. The largest absolute Gasteiger partial charge is 0.464 e. The van der Waals surface area contributed by atoms with Gasteiger partial charge in [-0.05, 0) is 30.7 Å². The highest BCUT2D eigenvalue weighted by Crippen LogP contribution is 2.40. The summed E-state index contributed by atoms with van der Waals surface area (Å²) in [6, 6.07) is 8.95. The van der Waals surface area contributed by atoms with Gasteiger partial charge in [-0.3, -0.25) is 4.68 Å². The number of fused-ring (bicyclic) bond motifs is 2. The number of alkyl halides is 1. The molecule has 0 saturated carbocycles. The van der Waals surface area contributed by atoms with Crippen molar-refractivity contribution < 1.29 is 18.7 Å². The molecule has 0 radical (unpaired) electrons. The van der Waals surface area contributed by atoms with Crippen molar-refractivity contribution >= 4 is 45.8 Å². The van der Waals surface area contributed by atoms with Gasteiger partial charge in [0.05, 0.1) is 48.4 Å². The minimum atomic E-state index is -1.02. The summed E-state index contributed by atoms with van der Waals surface area (Å²) in [5, 5.41) is 6.15. The molecule has 2 atom stereocenters. The van der Waals surface area contributed by atoms with E-state index in [1.165, 1.54) is 4.68 Å². The number of nitrogens with zero attached hydrogens (tertiary/aromatic N) is 5. The normalized spacial score (nSPS) is 18.1. The van der Waals surface area contributed by atoms with E-state index in [0.29, 0.717) is 45.5 Å². The summed E-state index contributed by atoms with van der Waals surface area (Å²) in [7, 11) is 0. The summed E-state index contributed by atoms with van der Waals surface area (Å²) >= 11 is 13.6. The molecule has 38 heavy (non-hydrogen) atoms. The molecule has 0 aliphatic carbocycles. The van der Waals surface area contributed by atoms with Gasteiger partial charge in [0, 0.05) is 48.0 Å². The van der Waals surface area contributed by atoms with Crippen LogP contribution in [0.2, 0.25) is 10.0 Å². The molecule has 0 bridgehead atoms. The maximum Gasteiger partial charge on any atom is 0.337 e. The number of aromatic nitrogens is 4. The number of hydrogen-bond acceptors (Lipinski definition) is 6. The van der Waals surface area contributed by atoms with Crippen molar-refractivity contribution in [2.75, 3.05) is 37.8 Å². The van der Waals surface area contributed by atoms with E-state index in [9.17, 15) is 9.18 Å². The number of benzene rings is 2. The van der Waals surface area contributed by atoms with Crippen LogP contribution in [0.1, 0.15) is 24.4 Å². The fourth-order valence-corrected chi connectivity index (χ4v) is 5.77. The summed E-state index contributed by atoms with van der Waals surface area (Å²) in [5.74, 6) is -0.532. The van der Waals surface area contributed by atoms with Crippen molar-refractivity contribution in [2.24, 2.45) is 0 Å². The van der Waals surface area contributed by atoms with E-state index in [1.54, 1.807) is 24.0 Å². The van der Waals surface area contributed by atoms with Gasteiger partial charge >= 0.3 is 5.97 Å². The van der Waals surface area contributed by atoms with Gasteiger partial charge in [-0.2, -0.15) is 5.10 Å². The molecule has 198 valence electrons. The van der Waals surface area contributed by atoms with E-state index in [0.717, 1.165) is 29.9 Å². The second kappa shape index (κ2) is 10.2. The van der Waals surface area contributed by atoms with Gasteiger partial charge in [0.25, 0.3) is 0 Å². The van der Waals surface area contributed by atoms with Crippen molar-refractivity contribution in [3.8, 4) is 11.1 Å². The number of ether oxygens (including phenoxy) is 2. The molecule has 11 heteroatoms. The van der Waals surface area contributed by atoms with Crippen LogP contribution in [-0.2, 0) is 27.2 Å². The molecule has 2 aromatic heterocycles. The predicted molar refractivity (Wildman–Crippen MR) is 144 cm³/mol. The molecule has 2 aliphatic heterocycles. The molecule has 2 aliphatic rings. The van der Waals surface area contributed by atoms with E-state index in [1.807, 2.05) is 18.2 Å². The number of carbonyl (C=O) groups excluding carboxylic acids is 1. The van der Waals surface area contributed by atoms with Gasteiger partial charge in [-0.1, -0.05) is 35.3 Å². The number of carbonyl (C=O) groups is 1. The second-order valence-electron chi connectivity index (χ2n) is 9.42. The topological polar surface area (TPSA) is 74.4 Å². The van der Waals surface area contributed by atoms with E-state index >= 15 is 0 Å². The van der Waals surface area contributed by atoms with Crippen LogP contribution in [0.4, 0.5) is 10.1 Å². The number of halogens is 3. The molecule has 0 spiro atoms. The zero-order chi connectivity index (χ0) is 26.4. The van der Waals surface area contributed by atoms with Gasteiger partial charge in [0.15, 0.2) is 6.04 Å². The Balaban J connectivity index is 1.39. The van der Waals surface area contributed by atoms with E-state index in [2.05, 4.69) is 27.1 Å². The van der Waals surface area contributed by atoms with E-state index in [-0.39, 0.29) is 19.6 Å². The first kappa shape index (κ1) is 25.2. The maximum absolute atomic E-state index is 14.1. The first-order valence-corrected chi connectivity index (χ1v) is 13.3. The number of anilines is 1. The Bertz CT molecular complexity index is 1500. The first-order chi connectivity index (χ1) is 18.4. The molecule has 4 heterocycles. The van der Waals surface area contributed by atoms with Crippen LogP contribution in [0, 0.1) is 0 Å². The zero-order valence-electron chi connectivity index (χ0n) is 20.7. The second-order valence-corrected chi connectivity index (χ2v) is 10.2. The van der Waals surface area contributed by atoms with Crippen molar-refractivity contribution in [2.45, 2.75) is 32.1 Å². The van der Waals surface area contributed by atoms with Gasteiger partial charge in [-0.25, -0.2) is 14.2 Å². The number of imidazole rings is 1. The lowest BCUT2D eigenvalue weighted by molar-refractivity contribution is -0.146. The lowest BCUT2D eigenvalue weighted by atomic mass is 10.0. The van der Waals surface area contributed by atoms with E-state index < -0.39 is 18.2 Å². The molecule has 6 rings (SSSR count). The Morgan fingerprint density at radius 1 is 1.24 bits per heavy atom. The van der Waals surface area contributed by atoms with Crippen molar-refractivity contribution in [1.29, 1.82) is 0 Å². The molecular formula is C27H26Cl2FN5O3. The smallest absolute Gasteiger partial charge is 0.337 e. The van der Waals surface area contributed by atoms with Crippen molar-refractivity contribution in [1.82, 2.24) is 19.3 Å². The lowest BCUT2D eigenvalue weighted by Gasteiger charge is -2.29. The van der Waals surface area contributed by atoms with Crippen LogP contribution in [0.5, 0.6) is 0 Å². The molecule has 1 saturated heterocycles. The standard InChI is InChI=1S/C27H26Cl2FN5O3/c1-2-38-27(36)26(25-22-11-17(30)13-34(22)15-31-25)35-14-20-21(28)12-19(23(29)24(20)32-35)16-3-5-18(6-4-16)33-7-9-37-10-8-33/h3-6,12,14-15,17,26H,2,7-11,13H2,1H3/t17-,26?/m1/s1. The highest BCUT2D eigenvalue weighted by molar-refractivity contribution is 6.42. The van der Waals surface area contributed by atoms with Crippen molar-refractivity contribution in [3.63, 3.8) is 0 Å². The Kier molecular flexibility index (Phi) is 6.75. The molecule has 0 amide bonds. The minimum absolute atomic E-state index is 0.179. The molecule has 8 nitrogen and oxygen atoms in total. The van der Waals surface area contributed by atoms with Crippen LogP contribution < -0.4 is 4.90 Å². The van der Waals surface area contributed by atoms with Gasteiger partial charge in [-0.15, -0.1) is 0 Å². The number of morpholine rings is 1. The van der Waals surface area contributed by atoms with Gasteiger partial charge in [0.1, 0.15) is 11.7 Å². The summed E-state index contributed by atoms with van der Waals surface area (Å²) in [6.45, 7) is 5.25. The van der Waals surface area contributed by atoms with E-state index in [4.69, 9.17) is 32.7 Å². The third-order valence-corrected chi connectivity index (χ3v) is 7.78. The molecule has 4 aromatic rings. The fraction of sp³-hybridized carbons (Fsp3) is 0.370.